The predicted molar refractivity (Wildman–Crippen MR) is 189 cm³/mol. The Bertz CT molecular complexity index is 1800. The molecule has 48 heavy (non-hydrogen) atoms. The highest BCUT2D eigenvalue weighted by Gasteiger charge is 2.22. The van der Waals surface area contributed by atoms with Crippen LogP contribution in [0.3, 0.4) is 0 Å². The summed E-state index contributed by atoms with van der Waals surface area (Å²) in [5.74, 6) is 4.54. The Balaban J connectivity index is 0.000000264. The first-order valence-corrected chi connectivity index (χ1v) is 17.3. The molecule has 15 heteroatoms. The van der Waals surface area contributed by atoms with Crippen LogP contribution in [0.25, 0.3) is 0 Å². The first-order chi connectivity index (χ1) is 22.7. The van der Waals surface area contributed by atoms with Crippen LogP contribution in [0.5, 0.6) is 34.5 Å². The van der Waals surface area contributed by atoms with Gasteiger partial charge in [-0.2, -0.15) is 9.97 Å². The molecule has 0 amide bonds. The molecule has 0 spiro atoms. The summed E-state index contributed by atoms with van der Waals surface area (Å²) in [6.45, 7) is 13.4. The number of rotatable bonds is 13. The molecule has 260 valence electrons. The SMILES string of the molecule is CCNc1ncc(Oc2cc(S(C)(=O)=O)c(OC)cc2C(C)C)c(N)n1.CCNc1ncc(Oc2ccc(OC)cc2C(C)C)c(N)n1. The van der Waals surface area contributed by atoms with Gasteiger partial charge in [0.15, 0.2) is 33.0 Å². The molecule has 0 saturated carbocycles. The largest absolute Gasteiger partial charge is 0.497 e. The monoisotopic (exact) mass is 682 g/mol. The van der Waals surface area contributed by atoms with E-state index in [1.54, 1.807) is 19.4 Å². The average molecular weight is 683 g/mol. The maximum Gasteiger partial charge on any atom is 0.224 e. The van der Waals surface area contributed by atoms with Crippen LogP contribution in [-0.4, -0.2) is 61.9 Å². The molecule has 2 heterocycles. The summed E-state index contributed by atoms with van der Waals surface area (Å²) in [7, 11) is -0.430. The molecule has 0 bridgehead atoms. The van der Waals surface area contributed by atoms with Crippen molar-refractivity contribution in [1.82, 2.24) is 19.9 Å². The second-order valence-corrected chi connectivity index (χ2v) is 13.2. The second kappa shape index (κ2) is 16.7. The second-order valence-electron chi connectivity index (χ2n) is 11.2. The van der Waals surface area contributed by atoms with Gasteiger partial charge in [-0.05, 0) is 49.9 Å². The van der Waals surface area contributed by atoms with E-state index in [-0.39, 0.29) is 34.0 Å². The van der Waals surface area contributed by atoms with Crippen LogP contribution in [0.15, 0.2) is 47.6 Å². The Morgan fingerprint density at radius 1 is 0.708 bits per heavy atom. The van der Waals surface area contributed by atoms with E-state index in [1.807, 2.05) is 45.9 Å². The molecule has 0 aliphatic rings. The lowest BCUT2D eigenvalue weighted by Gasteiger charge is -2.18. The van der Waals surface area contributed by atoms with Gasteiger partial charge in [-0.25, -0.2) is 18.4 Å². The molecule has 0 radical (unpaired) electrons. The first-order valence-electron chi connectivity index (χ1n) is 15.4. The number of nitrogens with one attached hydrogen (secondary N) is 2. The number of hydrogen-bond acceptors (Lipinski definition) is 14. The summed E-state index contributed by atoms with van der Waals surface area (Å²) in [6, 6.07) is 8.79. The molecular weight excluding hydrogens is 636 g/mol. The standard InChI is InChI=1S/C17H24N4O4S.C16H22N4O2/c1-6-19-17-20-9-14(16(18)21-17)25-12-8-15(26(5,22)23)13(24-4)7-11(12)10(2)3;1-5-18-16-19-9-14(15(17)20-16)22-13-7-6-11(21-4)8-12(13)10(2)3/h7-10H,6H2,1-5H3,(H3,18,19,20,21);6-10H,5H2,1-4H3,(H3,17,18,19,20). The van der Waals surface area contributed by atoms with Gasteiger partial charge in [0, 0.05) is 36.5 Å². The van der Waals surface area contributed by atoms with Gasteiger partial charge in [-0.1, -0.05) is 27.7 Å². The number of methoxy groups -OCH3 is 2. The molecule has 4 aromatic rings. The fourth-order valence-electron chi connectivity index (χ4n) is 4.39. The molecule has 0 fully saturated rings. The van der Waals surface area contributed by atoms with E-state index in [0.717, 1.165) is 35.4 Å². The molecule has 0 saturated heterocycles. The third-order valence-corrected chi connectivity index (χ3v) is 7.95. The summed E-state index contributed by atoms with van der Waals surface area (Å²) in [5, 5.41) is 5.97. The van der Waals surface area contributed by atoms with Gasteiger partial charge in [0.25, 0.3) is 0 Å². The van der Waals surface area contributed by atoms with Crippen molar-refractivity contribution < 1.29 is 27.4 Å². The van der Waals surface area contributed by atoms with Crippen LogP contribution in [0.1, 0.15) is 64.5 Å². The third kappa shape index (κ3) is 9.73. The molecule has 2 aromatic heterocycles. The molecule has 0 atom stereocenters. The van der Waals surface area contributed by atoms with E-state index < -0.39 is 9.84 Å². The maximum atomic E-state index is 12.1. The van der Waals surface area contributed by atoms with E-state index in [0.29, 0.717) is 35.8 Å². The summed E-state index contributed by atoms with van der Waals surface area (Å²) in [6.07, 6.45) is 4.15. The van der Waals surface area contributed by atoms with Crippen molar-refractivity contribution >= 4 is 33.4 Å². The van der Waals surface area contributed by atoms with E-state index in [1.165, 1.54) is 19.4 Å². The smallest absolute Gasteiger partial charge is 0.224 e. The minimum Gasteiger partial charge on any atom is -0.497 e. The molecule has 0 unspecified atom stereocenters. The number of nitrogens with two attached hydrogens (primary N) is 2. The zero-order valence-corrected chi connectivity index (χ0v) is 29.7. The van der Waals surface area contributed by atoms with Gasteiger partial charge in [0.2, 0.25) is 11.9 Å². The van der Waals surface area contributed by atoms with Crippen molar-refractivity contribution in [3.05, 3.63) is 53.9 Å². The molecule has 4 rings (SSSR count). The van der Waals surface area contributed by atoms with Gasteiger partial charge in [0.05, 0.1) is 26.6 Å². The van der Waals surface area contributed by atoms with E-state index in [9.17, 15) is 8.42 Å². The Kier molecular flexibility index (Phi) is 13.0. The molecule has 2 aromatic carbocycles. The number of nitrogens with zero attached hydrogens (tertiary/aromatic N) is 4. The summed E-state index contributed by atoms with van der Waals surface area (Å²) in [4.78, 5) is 16.7. The molecule has 0 aliphatic carbocycles. The fraction of sp³-hybridized carbons (Fsp3) is 0.394. The topological polar surface area (TPSA) is 199 Å². The Hall–Kier alpha value is -5.05. The van der Waals surface area contributed by atoms with E-state index in [2.05, 4.69) is 44.4 Å². The Morgan fingerprint density at radius 2 is 1.21 bits per heavy atom. The van der Waals surface area contributed by atoms with Crippen LogP contribution in [0.2, 0.25) is 0 Å². The number of ether oxygens (including phenoxy) is 4. The number of hydrogen-bond donors (Lipinski definition) is 4. The highest BCUT2D eigenvalue weighted by Crippen LogP contribution is 2.39. The van der Waals surface area contributed by atoms with Crippen molar-refractivity contribution in [3.63, 3.8) is 0 Å². The minimum absolute atomic E-state index is 0.0446. The van der Waals surface area contributed by atoms with Crippen LogP contribution in [-0.2, 0) is 9.84 Å². The van der Waals surface area contributed by atoms with Crippen molar-refractivity contribution in [2.75, 3.05) is 55.7 Å². The number of sulfone groups is 1. The van der Waals surface area contributed by atoms with Crippen molar-refractivity contribution in [2.45, 2.75) is 58.3 Å². The zero-order valence-electron chi connectivity index (χ0n) is 28.9. The number of aromatic nitrogens is 4. The number of anilines is 4. The number of benzene rings is 2. The number of nitrogen functional groups attached to an aromatic ring is 2. The predicted octanol–water partition coefficient (Wildman–Crippen LogP) is 6.23. The highest BCUT2D eigenvalue weighted by molar-refractivity contribution is 7.90. The lowest BCUT2D eigenvalue weighted by atomic mass is 10.0. The van der Waals surface area contributed by atoms with Crippen LogP contribution < -0.4 is 41.0 Å². The van der Waals surface area contributed by atoms with Crippen molar-refractivity contribution in [3.8, 4) is 34.5 Å². The maximum absolute atomic E-state index is 12.1. The first kappa shape index (κ1) is 37.4. The minimum atomic E-state index is -3.50. The van der Waals surface area contributed by atoms with Crippen LogP contribution in [0.4, 0.5) is 23.5 Å². The van der Waals surface area contributed by atoms with Crippen LogP contribution >= 0.6 is 0 Å². The van der Waals surface area contributed by atoms with Gasteiger partial charge in [0.1, 0.15) is 27.9 Å². The van der Waals surface area contributed by atoms with E-state index in [4.69, 9.17) is 30.4 Å². The lowest BCUT2D eigenvalue weighted by molar-refractivity contribution is 0.398. The summed E-state index contributed by atoms with van der Waals surface area (Å²) < 4.78 is 46.5. The molecular formula is C33H46N8O6S. The van der Waals surface area contributed by atoms with Crippen LogP contribution in [0, 0.1) is 0 Å². The highest BCUT2D eigenvalue weighted by atomic mass is 32.2. The Labute approximate surface area is 282 Å². The zero-order chi connectivity index (χ0) is 35.6. The summed E-state index contributed by atoms with van der Waals surface area (Å²) >= 11 is 0. The molecule has 14 nitrogen and oxygen atoms in total. The average Bonchev–Trinajstić information content (AvgIpc) is 3.03. The van der Waals surface area contributed by atoms with Gasteiger partial charge in [-0.3, -0.25) is 0 Å². The normalized spacial score (nSPS) is 11.1. The molecule has 0 aliphatic heterocycles. The lowest BCUT2D eigenvalue weighted by Crippen LogP contribution is -2.07. The molecule has 6 N–H and O–H groups in total. The quantitative estimate of drug-likeness (QED) is 0.124. The summed E-state index contributed by atoms with van der Waals surface area (Å²) in [5.41, 5.74) is 13.7. The fourth-order valence-corrected chi connectivity index (χ4v) is 5.22. The van der Waals surface area contributed by atoms with E-state index >= 15 is 0 Å². The van der Waals surface area contributed by atoms with Gasteiger partial charge in [-0.15, -0.1) is 0 Å². The third-order valence-electron chi connectivity index (χ3n) is 6.83. The van der Waals surface area contributed by atoms with Crippen molar-refractivity contribution in [1.29, 1.82) is 0 Å². The van der Waals surface area contributed by atoms with Gasteiger partial charge >= 0.3 is 0 Å². The Morgan fingerprint density at radius 3 is 1.62 bits per heavy atom. The van der Waals surface area contributed by atoms with Gasteiger partial charge < -0.3 is 41.0 Å². The van der Waals surface area contributed by atoms with Crippen molar-refractivity contribution in [2.24, 2.45) is 0 Å².